The number of nitrogens with zero attached hydrogens (tertiary/aromatic N) is 1. The van der Waals surface area contributed by atoms with Gasteiger partial charge in [0.2, 0.25) is 0 Å². The molecule has 1 aliphatic rings. The highest BCUT2D eigenvalue weighted by Crippen LogP contribution is 2.28. The highest BCUT2D eigenvalue weighted by atomic mass is 127. The molecule has 1 aliphatic carbocycles. The summed E-state index contributed by atoms with van der Waals surface area (Å²) in [7, 11) is 0. The van der Waals surface area contributed by atoms with Crippen molar-refractivity contribution in [3.05, 3.63) is 21.5 Å². The Morgan fingerprint density at radius 1 is 1.62 bits per heavy atom. The fourth-order valence-corrected chi connectivity index (χ4v) is 1.46. The van der Waals surface area contributed by atoms with Gasteiger partial charge in [-0.3, -0.25) is 4.79 Å². The summed E-state index contributed by atoms with van der Waals surface area (Å²) in [5.41, 5.74) is 0.589. The molecule has 0 aromatic carbocycles. The number of carbonyl (C=O) groups excluding carboxylic acids is 1. The molecule has 1 fully saturated rings. The van der Waals surface area contributed by atoms with E-state index in [-0.39, 0.29) is 0 Å². The van der Waals surface area contributed by atoms with Crippen LogP contribution >= 0.6 is 22.6 Å². The first-order valence-corrected chi connectivity index (χ1v) is 5.15. The molecule has 0 bridgehead atoms. The van der Waals surface area contributed by atoms with Gasteiger partial charge < -0.3 is 4.74 Å². The summed E-state index contributed by atoms with van der Waals surface area (Å²) in [6, 6.07) is 1.73. The van der Waals surface area contributed by atoms with Crippen LogP contribution in [0.1, 0.15) is 23.2 Å². The van der Waals surface area contributed by atoms with Gasteiger partial charge in [0.15, 0.2) is 6.29 Å². The molecule has 0 spiro atoms. The van der Waals surface area contributed by atoms with Crippen LogP contribution < -0.4 is 4.74 Å². The SMILES string of the molecule is O=Cc1cc(I)ncc1OC1CC1. The number of aldehydes is 1. The lowest BCUT2D eigenvalue weighted by Gasteiger charge is -2.05. The lowest BCUT2D eigenvalue weighted by atomic mass is 10.3. The van der Waals surface area contributed by atoms with Gasteiger partial charge in [-0.05, 0) is 41.5 Å². The van der Waals surface area contributed by atoms with Crippen LogP contribution in [0.2, 0.25) is 0 Å². The summed E-state index contributed by atoms with van der Waals surface area (Å²) < 4.78 is 6.31. The molecule has 0 amide bonds. The molecule has 0 N–H and O–H groups in total. The maximum atomic E-state index is 10.7. The van der Waals surface area contributed by atoms with E-state index in [1.807, 2.05) is 0 Å². The first-order valence-electron chi connectivity index (χ1n) is 4.07. The summed E-state index contributed by atoms with van der Waals surface area (Å²) in [6.07, 6.45) is 4.90. The van der Waals surface area contributed by atoms with E-state index in [1.165, 1.54) is 0 Å². The number of aromatic nitrogens is 1. The third-order valence-electron chi connectivity index (χ3n) is 1.81. The van der Waals surface area contributed by atoms with E-state index >= 15 is 0 Å². The summed E-state index contributed by atoms with van der Waals surface area (Å²) >= 11 is 2.07. The number of pyridine rings is 1. The second-order valence-electron chi connectivity index (χ2n) is 2.98. The van der Waals surface area contributed by atoms with Crippen LogP contribution in [-0.2, 0) is 0 Å². The van der Waals surface area contributed by atoms with Gasteiger partial charge in [-0.1, -0.05) is 0 Å². The zero-order valence-corrected chi connectivity index (χ0v) is 9.02. The van der Waals surface area contributed by atoms with Gasteiger partial charge in [0, 0.05) is 0 Å². The largest absolute Gasteiger partial charge is 0.488 e. The van der Waals surface area contributed by atoms with Crippen LogP contribution in [0.25, 0.3) is 0 Å². The minimum Gasteiger partial charge on any atom is -0.488 e. The van der Waals surface area contributed by atoms with Crippen molar-refractivity contribution in [3.8, 4) is 5.75 Å². The molecular weight excluding hydrogens is 281 g/mol. The fraction of sp³-hybridized carbons (Fsp3) is 0.333. The Hall–Kier alpha value is -0.650. The Balaban J connectivity index is 2.25. The number of hydrogen-bond acceptors (Lipinski definition) is 3. The molecule has 4 heteroatoms. The highest BCUT2D eigenvalue weighted by molar-refractivity contribution is 14.1. The van der Waals surface area contributed by atoms with Crippen LogP contribution in [0.4, 0.5) is 0 Å². The fourth-order valence-electron chi connectivity index (χ4n) is 0.988. The summed E-state index contributed by atoms with van der Waals surface area (Å²) in [6.45, 7) is 0. The van der Waals surface area contributed by atoms with Crippen molar-refractivity contribution < 1.29 is 9.53 Å². The molecule has 0 atom stereocenters. The third-order valence-corrected chi connectivity index (χ3v) is 2.40. The van der Waals surface area contributed by atoms with Crippen LogP contribution in [-0.4, -0.2) is 17.4 Å². The molecule has 0 unspecified atom stereocenters. The minimum absolute atomic E-state index is 0.306. The topological polar surface area (TPSA) is 39.2 Å². The standard InChI is InChI=1S/C9H8INO2/c10-9-3-6(5-12)8(4-11-9)13-7-1-2-7/h3-5,7H,1-2H2. The van der Waals surface area contributed by atoms with Gasteiger partial charge in [-0.25, -0.2) is 4.98 Å². The number of hydrogen-bond donors (Lipinski definition) is 0. The molecular formula is C9H8INO2. The monoisotopic (exact) mass is 289 g/mol. The van der Waals surface area contributed by atoms with Gasteiger partial charge in [0.05, 0.1) is 17.9 Å². The van der Waals surface area contributed by atoms with E-state index in [1.54, 1.807) is 12.3 Å². The molecule has 13 heavy (non-hydrogen) atoms. The molecule has 1 aromatic rings. The Morgan fingerprint density at radius 3 is 3.00 bits per heavy atom. The van der Waals surface area contributed by atoms with Crippen molar-refractivity contribution in [2.24, 2.45) is 0 Å². The first-order chi connectivity index (χ1) is 6.29. The summed E-state index contributed by atoms with van der Waals surface area (Å²) in [5.74, 6) is 0.609. The third kappa shape index (κ3) is 2.18. The van der Waals surface area contributed by atoms with Gasteiger partial charge in [0.1, 0.15) is 9.45 Å². The van der Waals surface area contributed by atoms with Gasteiger partial charge in [0.25, 0.3) is 0 Å². The summed E-state index contributed by atoms with van der Waals surface area (Å²) in [4.78, 5) is 14.7. The smallest absolute Gasteiger partial charge is 0.153 e. The number of halogens is 1. The average Bonchev–Trinajstić information content (AvgIpc) is 2.92. The number of rotatable bonds is 3. The predicted octanol–water partition coefficient (Wildman–Crippen LogP) is 2.04. The van der Waals surface area contributed by atoms with E-state index in [4.69, 9.17) is 4.74 Å². The van der Waals surface area contributed by atoms with Crippen molar-refractivity contribution in [1.29, 1.82) is 0 Å². The van der Waals surface area contributed by atoms with Crippen molar-refractivity contribution in [1.82, 2.24) is 4.98 Å². The molecule has 0 saturated heterocycles. The molecule has 3 nitrogen and oxygen atoms in total. The maximum absolute atomic E-state index is 10.7. The first kappa shape index (κ1) is 8.93. The maximum Gasteiger partial charge on any atom is 0.153 e. The van der Waals surface area contributed by atoms with E-state index in [2.05, 4.69) is 27.6 Å². The van der Waals surface area contributed by atoms with Crippen molar-refractivity contribution in [3.63, 3.8) is 0 Å². The van der Waals surface area contributed by atoms with E-state index in [0.29, 0.717) is 17.4 Å². The second kappa shape index (κ2) is 3.61. The molecule has 0 radical (unpaired) electrons. The number of carbonyl (C=O) groups is 1. The van der Waals surface area contributed by atoms with Crippen LogP contribution in [0, 0.1) is 3.70 Å². The lowest BCUT2D eigenvalue weighted by Crippen LogP contribution is -2.00. The normalized spacial score (nSPS) is 15.5. The van der Waals surface area contributed by atoms with E-state index in [0.717, 1.165) is 22.8 Å². The molecule has 1 saturated carbocycles. The van der Waals surface area contributed by atoms with Crippen LogP contribution in [0.15, 0.2) is 12.3 Å². The molecule has 1 heterocycles. The van der Waals surface area contributed by atoms with E-state index in [9.17, 15) is 4.79 Å². The Morgan fingerprint density at radius 2 is 2.38 bits per heavy atom. The van der Waals surface area contributed by atoms with Crippen molar-refractivity contribution in [2.45, 2.75) is 18.9 Å². The van der Waals surface area contributed by atoms with Crippen molar-refractivity contribution >= 4 is 28.9 Å². The highest BCUT2D eigenvalue weighted by Gasteiger charge is 2.24. The van der Waals surface area contributed by atoms with Crippen molar-refractivity contribution in [2.75, 3.05) is 0 Å². The Kier molecular flexibility index (Phi) is 2.48. The Bertz CT molecular complexity index is 336. The predicted molar refractivity (Wildman–Crippen MR) is 56.0 cm³/mol. The van der Waals surface area contributed by atoms with Gasteiger partial charge >= 0.3 is 0 Å². The number of ether oxygens (including phenoxy) is 1. The Labute approximate surface area is 89.6 Å². The van der Waals surface area contributed by atoms with E-state index < -0.39 is 0 Å². The second-order valence-corrected chi connectivity index (χ2v) is 4.09. The minimum atomic E-state index is 0.306. The zero-order chi connectivity index (χ0) is 9.26. The van der Waals surface area contributed by atoms with Crippen LogP contribution in [0.5, 0.6) is 5.75 Å². The molecule has 1 aromatic heterocycles. The average molecular weight is 289 g/mol. The molecule has 2 rings (SSSR count). The summed E-state index contributed by atoms with van der Waals surface area (Å²) in [5, 5.41) is 0. The van der Waals surface area contributed by atoms with Gasteiger partial charge in [-0.2, -0.15) is 0 Å². The lowest BCUT2D eigenvalue weighted by molar-refractivity contribution is 0.111. The quantitative estimate of drug-likeness (QED) is 0.485. The molecule has 0 aliphatic heterocycles. The zero-order valence-electron chi connectivity index (χ0n) is 6.87. The molecule has 68 valence electrons. The van der Waals surface area contributed by atoms with Gasteiger partial charge in [-0.15, -0.1) is 0 Å². The van der Waals surface area contributed by atoms with Crippen LogP contribution in [0.3, 0.4) is 0 Å².